The van der Waals surface area contributed by atoms with Gasteiger partial charge in [-0.05, 0) is 82.7 Å². The maximum Gasteiger partial charge on any atom is 0.260 e. The number of hydrogen-bond donors (Lipinski definition) is 1. The number of nitrogens with one attached hydrogen (secondary N) is 1. The van der Waals surface area contributed by atoms with Crippen molar-refractivity contribution in [3.63, 3.8) is 0 Å². The molecule has 0 aromatic heterocycles. The van der Waals surface area contributed by atoms with E-state index in [0.717, 1.165) is 27.9 Å². The number of aryl methyl sites for hydroxylation is 1. The first-order valence-electron chi connectivity index (χ1n) is 8.50. The van der Waals surface area contributed by atoms with Crippen molar-refractivity contribution in [1.29, 1.82) is 0 Å². The second-order valence-electron chi connectivity index (χ2n) is 6.17. The van der Waals surface area contributed by atoms with Crippen LogP contribution in [0.3, 0.4) is 0 Å². The standard InChI is InChI=1S/C20H22BrNO2S/c1-3-13-7-10-19(17(21)11-13)24-12-16-15(14-8-9-14)5-4-6-18(16)22-20(25)23-2/h4-7,10-11,14H,3,8-9,12H2,1-2H3,(H,22,25). The van der Waals surface area contributed by atoms with Crippen LogP contribution >= 0.6 is 28.1 Å². The van der Waals surface area contributed by atoms with Gasteiger partial charge in [0.05, 0.1) is 11.6 Å². The number of hydrogen-bond acceptors (Lipinski definition) is 3. The fourth-order valence-corrected chi connectivity index (χ4v) is 3.50. The van der Waals surface area contributed by atoms with Gasteiger partial charge in [-0.3, -0.25) is 0 Å². The van der Waals surface area contributed by atoms with E-state index >= 15 is 0 Å². The van der Waals surface area contributed by atoms with Gasteiger partial charge in [0.15, 0.2) is 0 Å². The molecule has 25 heavy (non-hydrogen) atoms. The molecule has 1 saturated carbocycles. The van der Waals surface area contributed by atoms with Gasteiger partial charge in [0, 0.05) is 11.3 Å². The number of benzene rings is 2. The molecule has 0 amide bonds. The summed E-state index contributed by atoms with van der Waals surface area (Å²) in [5.74, 6) is 1.48. The van der Waals surface area contributed by atoms with Crippen molar-refractivity contribution in [2.45, 2.75) is 38.7 Å². The maximum absolute atomic E-state index is 6.13. The first-order chi connectivity index (χ1) is 12.1. The van der Waals surface area contributed by atoms with Crippen LogP contribution in [0.1, 0.15) is 42.4 Å². The number of thiocarbonyl (C=S) groups is 1. The summed E-state index contributed by atoms with van der Waals surface area (Å²) < 4.78 is 12.2. The average Bonchev–Trinajstić information content (AvgIpc) is 3.46. The van der Waals surface area contributed by atoms with Crippen molar-refractivity contribution < 1.29 is 9.47 Å². The largest absolute Gasteiger partial charge is 0.488 e. The minimum Gasteiger partial charge on any atom is -0.488 e. The van der Waals surface area contributed by atoms with E-state index in [9.17, 15) is 0 Å². The van der Waals surface area contributed by atoms with Gasteiger partial charge in [0.2, 0.25) is 0 Å². The lowest BCUT2D eigenvalue weighted by Crippen LogP contribution is -2.14. The predicted molar refractivity (Wildman–Crippen MR) is 109 cm³/mol. The Morgan fingerprint density at radius 1 is 1.28 bits per heavy atom. The fourth-order valence-electron chi connectivity index (χ4n) is 2.85. The van der Waals surface area contributed by atoms with E-state index in [2.05, 4.69) is 52.4 Å². The van der Waals surface area contributed by atoms with Gasteiger partial charge in [-0.15, -0.1) is 0 Å². The van der Waals surface area contributed by atoms with E-state index in [1.807, 2.05) is 12.1 Å². The second-order valence-corrected chi connectivity index (χ2v) is 7.40. The van der Waals surface area contributed by atoms with E-state index in [1.54, 1.807) is 7.11 Å². The van der Waals surface area contributed by atoms with Crippen molar-refractivity contribution in [3.8, 4) is 5.75 Å². The zero-order valence-electron chi connectivity index (χ0n) is 14.5. The molecule has 5 heteroatoms. The molecule has 0 spiro atoms. The van der Waals surface area contributed by atoms with Crippen LogP contribution in [-0.4, -0.2) is 12.3 Å². The van der Waals surface area contributed by atoms with Crippen LogP contribution in [-0.2, 0) is 17.8 Å². The molecule has 132 valence electrons. The summed E-state index contributed by atoms with van der Waals surface area (Å²) in [4.78, 5) is 0. The lowest BCUT2D eigenvalue weighted by Gasteiger charge is -2.17. The number of anilines is 1. The Kier molecular flexibility index (Phi) is 5.97. The van der Waals surface area contributed by atoms with Crippen LogP contribution in [0.4, 0.5) is 5.69 Å². The number of ether oxygens (including phenoxy) is 2. The van der Waals surface area contributed by atoms with Gasteiger partial charge in [0.1, 0.15) is 12.4 Å². The molecule has 0 saturated heterocycles. The number of rotatable bonds is 6. The summed E-state index contributed by atoms with van der Waals surface area (Å²) in [6, 6.07) is 12.5. The van der Waals surface area contributed by atoms with Gasteiger partial charge < -0.3 is 14.8 Å². The molecule has 2 aromatic carbocycles. The third-order valence-corrected chi connectivity index (χ3v) is 5.32. The average molecular weight is 420 g/mol. The summed E-state index contributed by atoms with van der Waals surface area (Å²) in [6.45, 7) is 2.64. The minimum atomic E-state index is 0.364. The fraction of sp³-hybridized carbons (Fsp3) is 0.350. The second kappa shape index (κ2) is 8.19. The van der Waals surface area contributed by atoms with Crippen molar-refractivity contribution in [1.82, 2.24) is 0 Å². The Balaban J connectivity index is 1.84. The van der Waals surface area contributed by atoms with E-state index in [0.29, 0.717) is 17.7 Å². The van der Waals surface area contributed by atoms with Crippen LogP contribution in [0.25, 0.3) is 0 Å². The molecule has 0 bridgehead atoms. The van der Waals surface area contributed by atoms with E-state index in [1.165, 1.54) is 24.0 Å². The van der Waals surface area contributed by atoms with Crippen molar-refractivity contribution in [2.75, 3.05) is 12.4 Å². The van der Waals surface area contributed by atoms with Crippen molar-refractivity contribution >= 4 is 39.0 Å². The minimum absolute atomic E-state index is 0.364. The quantitative estimate of drug-likeness (QED) is 0.598. The predicted octanol–water partition coefficient (Wildman–Crippen LogP) is 5.81. The van der Waals surface area contributed by atoms with Crippen LogP contribution in [0.15, 0.2) is 40.9 Å². The highest BCUT2D eigenvalue weighted by atomic mass is 79.9. The van der Waals surface area contributed by atoms with E-state index in [-0.39, 0.29) is 0 Å². The highest BCUT2D eigenvalue weighted by Crippen LogP contribution is 2.43. The smallest absolute Gasteiger partial charge is 0.260 e. The van der Waals surface area contributed by atoms with Gasteiger partial charge >= 0.3 is 0 Å². The first kappa shape index (κ1) is 18.2. The normalized spacial score (nSPS) is 13.4. The molecule has 1 fully saturated rings. The Bertz CT molecular complexity index is 774. The van der Waals surface area contributed by atoms with Crippen LogP contribution in [0.5, 0.6) is 5.75 Å². The lowest BCUT2D eigenvalue weighted by molar-refractivity contribution is 0.303. The third kappa shape index (κ3) is 4.53. The molecule has 0 atom stereocenters. The Morgan fingerprint density at radius 2 is 2.08 bits per heavy atom. The molecular formula is C20H22BrNO2S. The third-order valence-electron chi connectivity index (χ3n) is 4.43. The summed E-state index contributed by atoms with van der Waals surface area (Å²) >= 11 is 8.78. The number of methoxy groups -OCH3 is 1. The maximum atomic E-state index is 6.13. The summed E-state index contributed by atoms with van der Waals surface area (Å²) in [7, 11) is 1.57. The van der Waals surface area contributed by atoms with Crippen molar-refractivity contribution in [3.05, 3.63) is 57.6 Å². The highest BCUT2D eigenvalue weighted by molar-refractivity contribution is 9.10. The molecular weight excluding hydrogens is 398 g/mol. The monoisotopic (exact) mass is 419 g/mol. The summed E-state index contributed by atoms with van der Waals surface area (Å²) in [5.41, 5.74) is 4.73. The first-order valence-corrected chi connectivity index (χ1v) is 9.70. The topological polar surface area (TPSA) is 30.5 Å². The lowest BCUT2D eigenvalue weighted by atomic mass is 10.0. The Labute approximate surface area is 162 Å². The molecule has 0 heterocycles. The molecule has 0 unspecified atom stereocenters. The molecule has 2 aromatic rings. The summed E-state index contributed by atoms with van der Waals surface area (Å²) in [6.07, 6.45) is 3.48. The van der Waals surface area contributed by atoms with E-state index in [4.69, 9.17) is 21.7 Å². The molecule has 3 rings (SSSR count). The van der Waals surface area contributed by atoms with Crippen molar-refractivity contribution in [2.24, 2.45) is 0 Å². The SMILES string of the molecule is CCc1ccc(OCc2c(NC(=S)OC)cccc2C2CC2)c(Br)c1. The molecule has 0 aliphatic heterocycles. The van der Waals surface area contributed by atoms with Crippen LogP contribution in [0.2, 0.25) is 0 Å². The van der Waals surface area contributed by atoms with E-state index < -0.39 is 0 Å². The van der Waals surface area contributed by atoms with Gasteiger partial charge in [-0.25, -0.2) is 0 Å². The molecule has 1 aliphatic carbocycles. The zero-order valence-corrected chi connectivity index (χ0v) is 16.9. The molecule has 3 nitrogen and oxygen atoms in total. The van der Waals surface area contributed by atoms with Crippen LogP contribution in [0, 0.1) is 0 Å². The molecule has 0 radical (unpaired) electrons. The van der Waals surface area contributed by atoms with Gasteiger partial charge in [-0.2, -0.15) is 0 Å². The molecule has 1 N–H and O–H groups in total. The van der Waals surface area contributed by atoms with Gasteiger partial charge in [-0.1, -0.05) is 25.1 Å². The van der Waals surface area contributed by atoms with Crippen LogP contribution < -0.4 is 10.1 Å². The van der Waals surface area contributed by atoms with Gasteiger partial charge in [0.25, 0.3) is 5.17 Å². The highest BCUT2D eigenvalue weighted by Gasteiger charge is 2.27. The summed E-state index contributed by atoms with van der Waals surface area (Å²) in [5, 5.41) is 3.53. The molecule has 1 aliphatic rings. The Morgan fingerprint density at radius 3 is 2.72 bits per heavy atom. The number of halogens is 1. The Hall–Kier alpha value is -1.59. The zero-order chi connectivity index (χ0) is 17.8.